The Morgan fingerprint density at radius 3 is 2.42 bits per heavy atom. The van der Waals surface area contributed by atoms with Crippen molar-refractivity contribution in [3.63, 3.8) is 0 Å². The van der Waals surface area contributed by atoms with Crippen LogP contribution in [0, 0.1) is 0 Å². The first-order valence-electron chi connectivity index (χ1n) is 7.81. The molecule has 0 radical (unpaired) electrons. The Morgan fingerprint density at radius 1 is 1.08 bits per heavy atom. The third kappa shape index (κ3) is 4.06. The topological polar surface area (TPSA) is 61.4 Å². The fraction of sp³-hybridized carbons (Fsp3) is 0.222. The zero-order valence-electron chi connectivity index (χ0n) is 13.1. The fourth-order valence-corrected chi connectivity index (χ4v) is 2.73. The highest BCUT2D eigenvalue weighted by molar-refractivity contribution is 6.30. The van der Waals surface area contributed by atoms with Crippen LogP contribution in [0.3, 0.4) is 0 Å². The van der Waals surface area contributed by atoms with Crippen molar-refractivity contribution in [2.45, 2.75) is 19.4 Å². The Balaban J connectivity index is 1.52. The van der Waals surface area contributed by atoms with Crippen LogP contribution in [0.1, 0.15) is 18.4 Å². The molecule has 1 fully saturated rings. The molecule has 5 nitrogen and oxygen atoms in total. The molecule has 0 spiro atoms. The van der Waals surface area contributed by atoms with Gasteiger partial charge in [-0.05, 0) is 48.4 Å². The van der Waals surface area contributed by atoms with Crippen LogP contribution >= 0.6 is 11.6 Å². The summed E-state index contributed by atoms with van der Waals surface area (Å²) in [6.07, 6.45) is 1.50. The number of carbonyl (C=O) groups is 2. The Kier molecular flexibility index (Phi) is 5.01. The predicted molar refractivity (Wildman–Crippen MR) is 95.3 cm³/mol. The third-order valence-electron chi connectivity index (χ3n) is 3.88. The lowest BCUT2D eigenvalue weighted by Crippen LogP contribution is -2.28. The summed E-state index contributed by atoms with van der Waals surface area (Å²) in [5.41, 5.74) is 2.51. The number of anilines is 2. The van der Waals surface area contributed by atoms with E-state index in [0.29, 0.717) is 23.7 Å². The average Bonchev–Trinajstić information content (AvgIpc) is 3.01. The SMILES string of the molecule is O=C(NCc1ccc(Cl)cc1)Nc1ccc(N2CCCC2=O)cc1. The van der Waals surface area contributed by atoms with E-state index in [1.54, 1.807) is 29.2 Å². The number of benzene rings is 2. The molecule has 2 aromatic carbocycles. The van der Waals surface area contributed by atoms with E-state index in [1.165, 1.54) is 0 Å². The monoisotopic (exact) mass is 343 g/mol. The Labute approximate surface area is 145 Å². The van der Waals surface area contributed by atoms with Crippen LogP contribution in [-0.2, 0) is 11.3 Å². The molecule has 2 aromatic rings. The lowest BCUT2D eigenvalue weighted by atomic mass is 10.2. The number of nitrogens with zero attached hydrogens (tertiary/aromatic N) is 1. The molecule has 0 aliphatic carbocycles. The van der Waals surface area contributed by atoms with Crippen LogP contribution < -0.4 is 15.5 Å². The van der Waals surface area contributed by atoms with Crippen LogP contribution in [0.5, 0.6) is 0 Å². The lowest BCUT2D eigenvalue weighted by Gasteiger charge is -2.16. The van der Waals surface area contributed by atoms with Gasteiger partial charge in [0.15, 0.2) is 0 Å². The first kappa shape index (κ1) is 16.3. The van der Waals surface area contributed by atoms with E-state index in [-0.39, 0.29) is 11.9 Å². The Hall–Kier alpha value is -2.53. The largest absolute Gasteiger partial charge is 0.334 e. The highest BCUT2D eigenvalue weighted by Crippen LogP contribution is 2.23. The second kappa shape index (κ2) is 7.36. The molecule has 0 aromatic heterocycles. The maximum atomic E-state index is 11.9. The minimum Gasteiger partial charge on any atom is -0.334 e. The molecule has 2 N–H and O–H groups in total. The van der Waals surface area contributed by atoms with E-state index in [1.807, 2.05) is 24.3 Å². The van der Waals surface area contributed by atoms with Crippen molar-refractivity contribution >= 4 is 34.9 Å². The smallest absolute Gasteiger partial charge is 0.319 e. The van der Waals surface area contributed by atoms with Gasteiger partial charge in [0.05, 0.1) is 0 Å². The second-order valence-electron chi connectivity index (χ2n) is 5.63. The molecule has 1 aliphatic heterocycles. The number of hydrogen-bond acceptors (Lipinski definition) is 2. The van der Waals surface area contributed by atoms with Crippen molar-refractivity contribution in [1.29, 1.82) is 0 Å². The van der Waals surface area contributed by atoms with Crippen molar-refractivity contribution in [3.8, 4) is 0 Å². The molecule has 3 rings (SSSR count). The fourth-order valence-electron chi connectivity index (χ4n) is 2.61. The van der Waals surface area contributed by atoms with Crippen molar-refractivity contribution < 1.29 is 9.59 Å². The molecule has 0 saturated carbocycles. The molecule has 124 valence electrons. The number of amides is 3. The molecular weight excluding hydrogens is 326 g/mol. The summed E-state index contributed by atoms with van der Waals surface area (Å²) < 4.78 is 0. The van der Waals surface area contributed by atoms with Crippen LogP contribution in [0.25, 0.3) is 0 Å². The number of rotatable bonds is 4. The molecule has 1 aliphatic rings. The number of urea groups is 1. The molecule has 0 bridgehead atoms. The molecule has 1 saturated heterocycles. The second-order valence-corrected chi connectivity index (χ2v) is 6.07. The van der Waals surface area contributed by atoms with Crippen LogP contribution in [0.2, 0.25) is 5.02 Å². The molecule has 24 heavy (non-hydrogen) atoms. The lowest BCUT2D eigenvalue weighted by molar-refractivity contribution is -0.117. The van der Waals surface area contributed by atoms with Gasteiger partial charge >= 0.3 is 6.03 Å². The third-order valence-corrected chi connectivity index (χ3v) is 4.13. The number of halogens is 1. The van der Waals surface area contributed by atoms with E-state index in [0.717, 1.165) is 24.2 Å². The first-order chi connectivity index (χ1) is 11.6. The highest BCUT2D eigenvalue weighted by atomic mass is 35.5. The summed E-state index contributed by atoms with van der Waals surface area (Å²) in [6, 6.07) is 14.3. The molecule has 3 amide bonds. The van der Waals surface area contributed by atoms with Gasteiger partial charge < -0.3 is 15.5 Å². The quantitative estimate of drug-likeness (QED) is 0.887. The van der Waals surface area contributed by atoms with E-state index < -0.39 is 0 Å². The van der Waals surface area contributed by atoms with Crippen LogP contribution in [0.4, 0.5) is 16.2 Å². The van der Waals surface area contributed by atoms with Gasteiger partial charge in [0.1, 0.15) is 0 Å². The maximum Gasteiger partial charge on any atom is 0.319 e. The minimum atomic E-state index is -0.282. The summed E-state index contributed by atoms with van der Waals surface area (Å²) >= 11 is 5.83. The van der Waals surface area contributed by atoms with Gasteiger partial charge in [0.25, 0.3) is 0 Å². The van der Waals surface area contributed by atoms with Crippen LogP contribution in [0.15, 0.2) is 48.5 Å². The molecule has 1 heterocycles. The van der Waals surface area contributed by atoms with Gasteiger partial charge in [-0.1, -0.05) is 23.7 Å². The zero-order chi connectivity index (χ0) is 16.9. The van der Waals surface area contributed by atoms with Crippen molar-refractivity contribution in [1.82, 2.24) is 5.32 Å². The maximum absolute atomic E-state index is 11.9. The molecular formula is C18H18ClN3O2. The van der Waals surface area contributed by atoms with E-state index >= 15 is 0 Å². The van der Waals surface area contributed by atoms with Crippen LogP contribution in [-0.4, -0.2) is 18.5 Å². The molecule has 0 unspecified atom stereocenters. The summed E-state index contributed by atoms with van der Waals surface area (Å²) in [6.45, 7) is 1.18. The zero-order valence-corrected chi connectivity index (χ0v) is 13.8. The number of nitrogens with one attached hydrogen (secondary N) is 2. The Morgan fingerprint density at radius 2 is 1.79 bits per heavy atom. The highest BCUT2D eigenvalue weighted by Gasteiger charge is 2.21. The first-order valence-corrected chi connectivity index (χ1v) is 8.19. The Bertz CT molecular complexity index is 729. The van der Waals surface area contributed by atoms with Gasteiger partial charge in [-0.25, -0.2) is 4.79 Å². The number of carbonyl (C=O) groups excluding carboxylic acids is 2. The summed E-state index contributed by atoms with van der Waals surface area (Å²) in [5.74, 6) is 0.149. The number of hydrogen-bond donors (Lipinski definition) is 2. The summed E-state index contributed by atoms with van der Waals surface area (Å²) in [5, 5.41) is 6.23. The normalized spacial score (nSPS) is 13.9. The van der Waals surface area contributed by atoms with Gasteiger partial charge in [-0.2, -0.15) is 0 Å². The molecule has 6 heteroatoms. The van der Waals surface area contributed by atoms with Gasteiger partial charge in [0, 0.05) is 35.9 Å². The summed E-state index contributed by atoms with van der Waals surface area (Å²) in [7, 11) is 0. The van der Waals surface area contributed by atoms with Gasteiger partial charge in [0.2, 0.25) is 5.91 Å². The standard InChI is InChI=1S/C18H18ClN3O2/c19-14-5-3-13(4-6-14)12-20-18(24)21-15-7-9-16(10-8-15)22-11-1-2-17(22)23/h3-10H,1-2,11-12H2,(H2,20,21,24). The van der Waals surface area contributed by atoms with E-state index in [4.69, 9.17) is 11.6 Å². The average molecular weight is 344 g/mol. The van der Waals surface area contributed by atoms with Gasteiger partial charge in [-0.15, -0.1) is 0 Å². The van der Waals surface area contributed by atoms with Crippen molar-refractivity contribution in [2.24, 2.45) is 0 Å². The van der Waals surface area contributed by atoms with E-state index in [9.17, 15) is 9.59 Å². The van der Waals surface area contributed by atoms with Crippen molar-refractivity contribution in [3.05, 3.63) is 59.1 Å². The van der Waals surface area contributed by atoms with Gasteiger partial charge in [-0.3, -0.25) is 4.79 Å². The van der Waals surface area contributed by atoms with E-state index in [2.05, 4.69) is 10.6 Å². The summed E-state index contributed by atoms with van der Waals surface area (Å²) in [4.78, 5) is 25.4. The van der Waals surface area contributed by atoms with Crippen molar-refractivity contribution in [2.75, 3.05) is 16.8 Å². The predicted octanol–water partition coefficient (Wildman–Crippen LogP) is 3.79. The molecule has 0 atom stereocenters. The minimum absolute atomic E-state index is 0.149.